The Kier molecular flexibility index (Phi) is 5.36. The molecule has 1 atom stereocenters. The van der Waals surface area contributed by atoms with Gasteiger partial charge in [-0.25, -0.2) is 0 Å². The Bertz CT molecular complexity index is 239. The maximum Gasteiger partial charge on any atom is 0.248 e. The number of methoxy groups -OCH3 is 1. The van der Waals surface area contributed by atoms with Crippen LogP contribution in [0.2, 0.25) is 0 Å². The maximum absolute atomic E-state index is 11.3. The lowest BCUT2D eigenvalue weighted by molar-refractivity contribution is -0.129. The Morgan fingerprint density at radius 2 is 2.53 bits per heavy atom. The number of ether oxygens (including phenoxy) is 1. The van der Waals surface area contributed by atoms with Crippen LogP contribution in [0.1, 0.15) is 19.8 Å². The van der Waals surface area contributed by atoms with E-state index in [1.807, 2.05) is 0 Å². The average Bonchev–Trinajstić information content (AvgIpc) is 2.29. The van der Waals surface area contributed by atoms with Gasteiger partial charge >= 0.3 is 0 Å². The summed E-state index contributed by atoms with van der Waals surface area (Å²) in [6.45, 7) is 4.46. The van der Waals surface area contributed by atoms with E-state index in [-0.39, 0.29) is 12.0 Å². The molecule has 1 aliphatic rings. The minimum Gasteiger partial charge on any atom is -0.372 e. The molecule has 0 aromatic heterocycles. The van der Waals surface area contributed by atoms with E-state index in [1.54, 1.807) is 14.0 Å². The first-order chi connectivity index (χ1) is 7.24. The van der Waals surface area contributed by atoms with Crippen LogP contribution in [-0.2, 0) is 9.53 Å². The minimum atomic E-state index is -0.355. The number of carbonyl (C=O) groups excluding carboxylic acids is 1. The van der Waals surface area contributed by atoms with Gasteiger partial charge in [-0.2, -0.15) is 0 Å². The molecule has 0 radical (unpaired) electrons. The van der Waals surface area contributed by atoms with Crippen LogP contribution < -0.4 is 10.6 Å². The highest BCUT2D eigenvalue weighted by molar-refractivity contribution is 5.80. The van der Waals surface area contributed by atoms with Crippen LogP contribution in [0.5, 0.6) is 0 Å². The number of hydrogen-bond donors (Lipinski definition) is 2. The molecule has 1 rings (SSSR count). The second-order valence-electron chi connectivity index (χ2n) is 3.74. The second kappa shape index (κ2) is 6.58. The predicted octanol–water partition coefficient (Wildman–Crippen LogP) is 0.447. The van der Waals surface area contributed by atoms with Gasteiger partial charge in [0.15, 0.2) is 0 Å². The Labute approximate surface area is 91.1 Å². The van der Waals surface area contributed by atoms with Gasteiger partial charge in [0.25, 0.3) is 0 Å². The van der Waals surface area contributed by atoms with Crippen molar-refractivity contribution in [1.82, 2.24) is 10.6 Å². The first-order valence-electron chi connectivity index (χ1n) is 5.43. The summed E-state index contributed by atoms with van der Waals surface area (Å²) in [5.74, 6) is -0.0352. The molecule has 0 spiro atoms. The molecule has 0 bridgehead atoms. The molecule has 4 nitrogen and oxygen atoms in total. The topological polar surface area (TPSA) is 50.4 Å². The van der Waals surface area contributed by atoms with Gasteiger partial charge in [-0.05, 0) is 26.3 Å². The first kappa shape index (κ1) is 12.2. The summed E-state index contributed by atoms with van der Waals surface area (Å²) in [6, 6.07) is 0. The standard InChI is InChI=1S/C11H20N2O2/c1-9(15-2)11(14)13-8-5-10-3-6-12-7-4-10/h3,9,12H,4-8H2,1-2H3,(H,13,14). The van der Waals surface area contributed by atoms with Gasteiger partial charge in [-0.1, -0.05) is 11.6 Å². The quantitative estimate of drug-likeness (QED) is 0.650. The fourth-order valence-corrected chi connectivity index (χ4v) is 1.49. The van der Waals surface area contributed by atoms with Crippen molar-refractivity contribution in [2.24, 2.45) is 0 Å². The number of nitrogens with one attached hydrogen (secondary N) is 2. The van der Waals surface area contributed by atoms with E-state index in [0.29, 0.717) is 6.54 Å². The third-order valence-electron chi connectivity index (χ3n) is 2.63. The van der Waals surface area contributed by atoms with Gasteiger partial charge in [0.1, 0.15) is 6.10 Å². The van der Waals surface area contributed by atoms with Crippen LogP contribution in [0.15, 0.2) is 11.6 Å². The fraction of sp³-hybridized carbons (Fsp3) is 0.727. The molecular formula is C11H20N2O2. The van der Waals surface area contributed by atoms with E-state index < -0.39 is 0 Å². The summed E-state index contributed by atoms with van der Waals surface area (Å²) in [7, 11) is 1.54. The zero-order chi connectivity index (χ0) is 11.1. The largest absolute Gasteiger partial charge is 0.372 e. The summed E-state index contributed by atoms with van der Waals surface area (Å²) in [5.41, 5.74) is 1.43. The molecule has 0 aliphatic carbocycles. The van der Waals surface area contributed by atoms with Crippen LogP contribution in [-0.4, -0.2) is 38.8 Å². The molecule has 1 amide bonds. The highest BCUT2D eigenvalue weighted by Crippen LogP contribution is 2.07. The smallest absolute Gasteiger partial charge is 0.248 e. The minimum absolute atomic E-state index is 0.0352. The van der Waals surface area contributed by atoms with E-state index in [4.69, 9.17) is 4.74 Å². The number of carbonyl (C=O) groups is 1. The molecule has 2 N–H and O–H groups in total. The highest BCUT2D eigenvalue weighted by Gasteiger charge is 2.10. The molecule has 1 heterocycles. The summed E-state index contributed by atoms with van der Waals surface area (Å²) in [4.78, 5) is 11.3. The molecule has 86 valence electrons. The van der Waals surface area contributed by atoms with Gasteiger partial charge in [-0.15, -0.1) is 0 Å². The van der Waals surface area contributed by atoms with Gasteiger partial charge in [0, 0.05) is 20.2 Å². The van der Waals surface area contributed by atoms with Crippen LogP contribution >= 0.6 is 0 Å². The number of amides is 1. The van der Waals surface area contributed by atoms with Gasteiger partial charge in [0.05, 0.1) is 0 Å². The Morgan fingerprint density at radius 1 is 1.73 bits per heavy atom. The third kappa shape index (κ3) is 4.44. The highest BCUT2D eigenvalue weighted by atomic mass is 16.5. The molecule has 4 heteroatoms. The summed E-state index contributed by atoms with van der Waals surface area (Å²) in [5, 5.41) is 6.11. The van der Waals surface area contributed by atoms with Crippen molar-refractivity contribution in [3.63, 3.8) is 0 Å². The Hall–Kier alpha value is -0.870. The van der Waals surface area contributed by atoms with Crippen LogP contribution in [0.25, 0.3) is 0 Å². The lowest BCUT2D eigenvalue weighted by atomic mass is 10.1. The van der Waals surface area contributed by atoms with E-state index in [2.05, 4.69) is 16.7 Å². The Balaban J connectivity index is 2.15. The summed E-state index contributed by atoms with van der Waals surface area (Å²) in [6.07, 6.45) is 3.89. The molecule has 1 unspecified atom stereocenters. The number of rotatable bonds is 5. The molecule has 0 aromatic carbocycles. The normalized spacial score (nSPS) is 18.1. The van der Waals surface area contributed by atoms with Crippen molar-refractivity contribution in [3.05, 3.63) is 11.6 Å². The lowest BCUT2D eigenvalue weighted by Crippen LogP contribution is -2.34. The maximum atomic E-state index is 11.3. The molecular weight excluding hydrogens is 192 g/mol. The Morgan fingerprint density at radius 3 is 3.13 bits per heavy atom. The van der Waals surface area contributed by atoms with Crippen molar-refractivity contribution in [3.8, 4) is 0 Å². The first-order valence-corrected chi connectivity index (χ1v) is 5.43. The molecule has 0 aromatic rings. The van der Waals surface area contributed by atoms with E-state index in [9.17, 15) is 4.79 Å². The fourth-order valence-electron chi connectivity index (χ4n) is 1.49. The lowest BCUT2D eigenvalue weighted by Gasteiger charge is -2.15. The molecule has 0 saturated carbocycles. The summed E-state index contributed by atoms with van der Waals surface area (Å²) < 4.78 is 4.92. The number of hydrogen-bond acceptors (Lipinski definition) is 3. The van der Waals surface area contributed by atoms with Crippen molar-refractivity contribution < 1.29 is 9.53 Å². The van der Waals surface area contributed by atoms with Crippen molar-refractivity contribution >= 4 is 5.91 Å². The second-order valence-corrected chi connectivity index (χ2v) is 3.74. The molecule has 15 heavy (non-hydrogen) atoms. The predicted molar refractivity (Wildman–Crippen MR) is 59.7 cm³/mol. The molecule has 0 fully saturated rings. The van der Waals surface area contributed by atoms with Crippen LogP contribution in [0.3, 0.4) is 0 Å². The van der Waals surface area contributed by atoms with Crippen LogP contribution in [0, 0.1) is 0 Å². The zero-order valence-electron chi connectivity index (χ0n) is 9.51. The molecule has 0 saturated heterocycles. The third-order valence-corrected chi connectivity index (χ3v) is 2.63. The molecule has 1 aliphatic heterocycles. The van der Waals surface area contributed by atoms with Crippen LogP contribution in [0.4, 0.5) is 0 Å². The van der Waals surface area contributed by atoms with Gasteiger partial charge in [-0.3, -0.25) is 4.79 Å². The van der Waals surface area contributed by atoms with Crippen molar-refractivity contribution in [2.75, 3.05) is 26.7 Å². The van der Waals surface area contributed by atoms with Crippen molar-refractivity contribution in [2.45, 2.75) is 25.9 Å². The van der Waals surface area contributed by atoms with E-state index >= 15 is 0 Å². The average molecular weight is 212 g/mol. The van der Waals surface area contributed by atoms with Gasteiger partial charge < -0.3 is 15.4 Å². The SMILES string of the molecule is COC(C)C(=O)NCCC1=CCNCC1. The zero-order valence-corrected chi connectivity index (χ0v) is 9.51. The van der Waals surface area contributed by atoms with Gasteiger partial charge in [0.2, 0.25) is 5.91 Å². The van der Waals surface area contributed by atoms with E-state index in [0.717, 1.165) is 25.9 Å². The summed E-state index contributed by atoms with van der Waals surface area (Å²) >= 11 is 0. The van der Waals surface area contributed by atoms with Crippen molar-refractivity contribution in [1.29, 1.82) is 0 Å². The monoisotopic (exact) mass is 212 g/mol. The van der Waals surface area contributed by atoms with E-state index in [1.165, 1.54) is 5.57 Å².